The van der Waals surface area contributed by atoms with Crippen molar-refractivity contribution < 1.29 is 9.53 Å². The second kappa shape index (κ2) is 6.90. The number of hydrogen-bond donors (Lipinski definition) is 0. The van der Waals surface area contributed by atoms with Crippen molar-refractivity contribution in [3.8, 4) is 5.75 Å². The number of carbonyl (C=O) groups is 1. The summed E-state index contributed by atoms with van der Waals surface area (Å²) in [5.41, 5.74) is 4.48. The van der Waals surface area contributed by atoms with E-state index in [-0.39, 0.29) is 5.78 Å². The molecule has 2 aromatic rings. The van der Waals surface area contributed by atoms with E-state index in [1.165, 1.54) is 11.1 Å². The molecule has 0 aliphatic carbocycles. The van der Waals surface area contributed by atoms with Crippen LogP contribution in [0.15, 0.2) is 40.9 Å². The summed E-state index contributed by atoms with van der Waals surface area (Å²) in [5, 5.41) is 0. The van der Waals surface area contributed by atoms with Gasteiger partial charge in [-0.3, -0.25) is 4.79 Å². The molecule has 0 unspecified atom stereocenters. The van der Waals surface area contributed by atoms with Crippen molar-refractivity contribution in [1.29, 1.82) is 0 Å². The van der Waals surface area contributed by atoms with Crippen molar-refractivity contribution in [1.82, 2.24) is 0 Å². The quantitative estimate of drug-likeness (QED) is 0.800. The Kier molecular flexibility index (Phi) is 5.18. The maximum absolute atomic E-state index is 12.2. The third kappa shape index (κ3) is 4.43. The number of benzene rings is 2. The number of carbonyl (C=O) groups excluding carboxylic acids is 1. The van der Waals surface area contributed by atoms with Gasteiger partial charge >= 0.3 is 0 Å². The number of Topliss-reactive ketones (excluding diaryl/α,β-unsaturated/α-hetero) is 1. The summed E-state index contributed by atoms with van der Waals surface area (Å²) < 4.78 is 6.07. The number of halogens is 1. The molecule has 0 saturated carbocycles. The van der Waals surface area contributed by atoms with Crippen LogP contribution in [0.25, 0.3) is 0 Å². The molecule has 110 valence electrons. The minimum absolute atomic E-state index is 0.220. The number of ketones is 1. The molecule has 2 nitrogen and oxygen atoms in total. The summed E-state index contributed by atoms with van der Waals surface area (Å²) in [6, 6.07) is 12.0. The van der Waals surface area contributed by atoms with E-state index in [1.54, 1.807) is 7.11 Å². The van der Waals surface area contributed by atoms with Crippen LogP contribution >= 0.6 is 15.9 Å². The van der Waals surface area contributed by atoms with Crippen LogP contribution in [-0.2, 0) is 17.6 Å². The molecule has 0 aromatic heterocycles. The highest BCUT2D eigenvalue weighted by Gasteiger charge is 2.08. The lowest BCUT2D eigenvalue weighted by Gasteiger charge is -2.07. The highest BCUT2D eigenvalue weighted by atomic mass is 79.9. The molecule has 21 heavy (non-hydrogen) atoms. The third-order valence-electron chi connectivity index (χ3n) is 3.30. The van der Waals surface area contributed by atoms with Crippen LogP contribution in [0.1, 0.15) is 22.3 Å². The predicted molar refractivity (Wildman–Crippen MR) is 89.0 cm³/mol. The first-order valence-corrected chi connectivity index (χ1v) is 7.68. The average Bonchev–Trinajstić information content (AvgIpc) is 2.37. The van der Waals surface area contributed by atoms with Gasteiger partial charge in [0.2, 0.25) is 0 Å². The van der Waals surface area contributed by atoms with E-state index in [0.29, 0.717) is 12.8 Å². The van der Waals surface area contributed by atoms with E-state index in [9.17, 15) is 4.79 Å². The summed E-state index contributed by atoms with van der Waals surface area (Å²) in [6.45, 7) is 4.11. The monoisotopic (exact) mass is 346 g/mol. The molecule has 2 rings (SSSR count). The van der Waals surface area contributed by atoms with Crippen LogP contribution in [-0.4, -0.2) is 12.9 Å². The van der Waals surface area contributed by atoms with Gasteiger partial charge in [-0.05, 0) is 53.0 Å². The van der Waals surface area contributed by atoms with E-state index in [0.717, 1.165) is 21.3 Å². The molecule has 0 aliphatic heterocycles. The van der Waals surface area contributed by atoms with Gasteiger partial charge in [-0.2, -0.15) is 0 Å². The Morgan fingerprint density at radius 2 is 1.62 bits per heavy atom. The maximum Gasteiger partial charge on any atom is 0.141 e. The second-order valence-corrected chi connectivity index (χ2v) is 6.21. The smallest absolute Gasteiger partial charge is 0.141 e. The molecular formula is C18H19BrO2. The molecule has 2 aromatic carbocycles. The molecule has 0 bridgehead atoms. The minimum atomic E-state index is 0.220. The molecule has 0 atom stereocenters. The summed E-state index contributed by atoms with van der Waals surface area (Å²) in [6.07, 6.45) is 0.918. The molecule has 0 amide bonds. The van der Waals surface area contributed by atoms with Crippen molar-refractivity contribution in [3.63, 3.8) is 0 Å². The molecular weight excluding hydrogens is 328 g/mol. The number of rotatable bonds is 5. The van der Waals surface area contributed by atoms with Gasteiger partial charge in [0.05, 0.1) is 11.6 Å². The van der Waals surface area contributed by atoms with Crippen LogP contribution in [0.4, 0.5) is 0 Å². The Bertz CT molecular complexity index is 642. The molecule has 0 fully saturated rings. The first-order valence-electron chi connectivity index (χ1n) is 6.89. The molecule has 0 N–H and O–H groups in total. The van der Waals surface area contributed by atoms with Gasteiger partial charge in [0.25, 0.3) is 0 Å². The zero-order chi connectivity index (χ0) is 15.4. The van der Waals surface area contributed by atoms with Gasteiger partial charge in [0, 0.05) is 12.8 Å². The van der Waals surface area contributed by atoms with Crippen LogP contribution in [0, 0.1) is 13.8 Å². The predicted octanol–water partition coefficient (Wildman–Crippen LogP) is 4.43. The van der Waals surface area contributed by atoms with Crippen LogP contribution in [0.5, 0.6) is 5.75 Å². The van der Waals surface area contributed by atoms with Crippen molar-refractivity contribution in [3.05, 3.63) is 63.1 Å². The van der Waals surface area contributed by atoms with Crippen molar-refractivity contribution in [2.45, 2.75) is 26.7 Å². The van der Waals surface area contributed by atoms with Crippen molar-refractivity contribution in [2.24, 2.45) is 0 Å². The van der Waals surface area contributed by atoms with E-state index in [2.05, 4.69) is 48.0 Å². The van der Waals surface area contributed by atoms with E-state index < -0.39 is 0 Å². The Hall–Kier alpha value is -1.61. The Morgan fingerprint density at radius 3 is 2.19 bits per heavy atom. The van der Waals surface area contributed by atoms with Gasteiger partial charge in [-0.25, -0.2) is 0 Å². The highest BCUT2D eigenvalue weighted by Crippen LogP contribution is 2.25. The van der Waals surface area contributed by atoms with Crippen molar-refractivity contribution in [2.75, 3.05) is 7.11 Å². The van der Waals surface area contributed by atoms with E-state index in [4.69, 9.17) is 4.74 Å². The van der Waals surface area contributed by atoms with Gasteiger partial charge in [0.1, 0.15) is 11.5 Å². The van der Waals surface area contributed by atoms with Crippen LogP contribution in [0.3, 0.4) is 0 Å². The van der Waals surface area contributed by atoms with Gasteiger partial charge in [-0.15, -0.1) is 0 Å². The first kappa shape index (κ1) is 15.8. The lowest BCUT2D eigenvalue weighted by Crippen LogP contribution is -2.07. The van der Waals surface area contributed by atoms with Gasteiger partial charge in [-0.1, -0.05) is 35.4 Å². The number of aryl methyl sites for hydroxylation is 2. The number of ether oxygens (including phenoxy) is 1. The zero-order valence-corrected chi connectivity index (χ0v) is 14.2. The fourth-order valence-electron chi connectivity index (χ4n) is 2.51. The summed E-state index contributed by atoms with van der Waals surface area (Å²) in [4.78, 5) is 12.2. The van der Waals surface area contributed by atoms with Gasteiger partial charge < -0.3 is 4.74 Å². The molecule has 0 heterocycles. The zero-order valence-electron chi connectivity index (χ0n) is 12.6. The highest BCUT2D eigenvalue weighted by molar-refractivity contribution is 9.10. The van der Waals surface area contributed by atoms with E-state index >= 15 is 0 Å². The fourth-order valence-corrected chi connectivity index (χ4v) is 3.10. The minimum Gasteiger partial charge on any atom is -0.496 e. The summed E-state index contributed by atoms with van der Waals surface area (Å²) >= 11 is 3.45. The Morgan fingerprint density at radius 1 is 1.00 bits per heavy atom. The lowest BCUT2D eigenvalue weighted by atomic mass is 10.00. The Labute approximate surface area is 134 Å². The second-order valence-electron chi connectivity index (χ2n) is 5.36. The van der Waals surface area contributed by atoms with Gasteiger partial charge in [0.15, 0.2) is 0 Å². The van der Waals surface area contributed by atoms with E-state index in [1.807, 2.05) is 18.2 Å². The first-order chi connectivity index (χ1) is 9.97. The summed E-state index contributed by atoms with van der Waals surface area (Å²) in [7, 11) is 1.63. The Balaban J connectivity index is 2.06. The largest absolute Gasteiger partial charge is 0.496 e. The van der Waals surface area contributed by atoms with Crippen molar-refractivity contribution >= 4 is 21.7 Å². The molecule has 0 aliphatic rings. The molecule has 0 spiro atoms. The maximum atomic E-state index is 12.2. The third-order valence-corrected chi connectivity index (χ3v) is 3.92. The molecule has 0 saturated heterocycles. The average molecular weight is 347 g/mol. The SMILES string of the molecule is COc1ccc(CC(=O)Cc2cc(C)cc(C)c2)cc1Br. The topological polar surface area (TPSA) is 26.3 Å². The lowest BCUT2D eigenvalue weighted by molar-refractivity contribution is -0.117. The normalized spacial score (nSPS) is 10.5. The standard InChI is InChI=1S/C18H19BrO2/c1-12-6-13(2)8-15(7-12)10-16(20)9-14-4-5-18(21-3)17(19)11-14/h4-8,11H,9-10H2,1-3H3. The summed E-state index contributed by atoms with van der Waals surface area (Å²) in [5.74, 6) is 0.998. The fraction of sp³-hybridized carbons (Fsp3) is 0.278. The molecule has 3 heteroatoms. The van der Waals surface area contributed by atoms with Crippen LogP contribution < -0.4 is 4.74 Å². The van der Waals surface area contributed by atoms with Crippen LogP contribution in [0.2, 0.25) is 0 Å². The number of methoxy groups -OCH3 is 1. The number of hydrogen-bond acceptors (Lipinski definition) is 2. The molecule has 0 radical (unpaired) electrons.